The molecule has 0 spiro atoms. The van der Waals surface area contributed by atoms with Crippen LogP contribution in [-0.4, -0.2) is 59.6 Å². The standard InChI is InChI=1S/C18H28N4O3/c1-18(2,3)25-17(24)22-10-8-21(9-11-22)13-14(12-19)16(23)20-15-6-4-5-7-15/h13,15H,4-11H2,1-3H3,(H,20,23)/b14-13-. The van der Waals surface area contributed by atoms with Crippen LogP contribution in [0.1, 0.15) is 46.5 Å². The van der Waals surface area contributed by atoms with Gasteiger partial charge in [0.1, 0.15) is 17.2 Å². The molecule has 0 radical (unpaired) electrons. The Bertz CT molecular complexity index is 560. The average Bonchev–Trinajstić information content (AvgIpc) is 3.04. The number of rotatable bonds is 3. The Morgan fingerprint density at radius 1 is 1.16 bits per heavy atom. The summed E-state index contributed by atoms with van der Waals surface area (Å²) in [6, 6.07) is 2.18. The normalized spacial score (nSPS) is 19.5. The lowest BCUT2D eigenvalue weighted by Gasteiger charge is -2.35. The molecular formula is C18H28N4O3. The van der Waals surface area contributed by atoms with Gasteiger partial charge in [-0.15, -0.1) is 0 Å². The Labute approximate surface area is 149 Å². The molecule has 1 N–H and O–H groups in total. The van der Waals surface area contributed by atoms with Gasteiger partial charge in [-0.05, 0) is 33.6 Å². The highest BCUT2D eigenvalue weighted by atomic mass is 16.6. The first-order valence-corrected chi connectivity index (χ1v) is 8.93. The van der Waals surface area contributed by atoms with Crippen LogP contribution in [0.3, 0.4) is 0 Å². The van der Waals surface area contributed by atoms with Crippen LogP contribution < -0.4 is 5.32 Å². The van der Waals surface area contributed by atoms with E-state index in [1.807, 2.05) is 31.7 Å². The number of nitrogens with one attached hydrogen (secondary N) is 1. The summed E-state index contributed by atoms with van der Waals surface area (Å²) >= 11 is 0. The maximum Gasteiger partial charge on any atom is 0.410 e. The third-order valence-electron chi connectivity index (χ3n) is 4.33. The van der Waals surface area contributed by atoms with Gasteiger partial charge in [0.2, 0.25) is 0 Å². The van der Waals surface area contributed by atoms with Crippen LogP contribution in [0, 0.1) is 11.3 Å². The molecular weight excluding hydrogens is 320 g/mol. The second kappa shape index (κ2) is 8.24. The Kier molecular flexibility index (Phi) is 6.29. The summed E-state index contributed by atoms with van der Waals surface area (Å²) in [6.07, 6.45) is 5.51. The fraction of sp³-hybridized carbons (Fsp3) is 0.722. The first kappa shape index (κ1) is 19.1. The molecule has 1 heterocycles. The molecule has 7 heteroatoms. The molecule has 1 saturated carbocycles. The van der Waals surface area contributed by atoms with Crippen molar-refractivity contribution in [3.05, 3.63) is 11.8 Å². The molecule has 0 atom stereocenters. The van der Waals surface area contributed by atoms with Gasteiger partial charge in [-0.2, -0.15) is 5.26 Å². The van der Waals surface area contributed by atoms with Crippen LogP contribution in [0.4, 0.5) is 4.79 Å². The lowest BCUT2D eigenvalue weighted by Crippen LogP contribution is -2.48. The van der Waals surface area contributed by atoms with Gasteiger partial charge in [0.15, 0.2) is 0 Å². The summed E-state index contributed by atoms with van der Waals surface area (Å²) in [5, 5.41) is 12.2. The van der Waals surface area contributed by atoms with E-state index >= 15 is 0 Å². The molecule has 2 aliphatic rings. The van der Waals surface area contributed by atoms with Gasteiger partial charge in [0, 0.05) is 38.4 Å². The SMILES string of the molecule is CC(C)(C)OC(=O)N1CCN(/C=C(/C#N)C(=O)NC2CCCC2)CC1. The topological polar surface area (TPSA) is 85.7 Å². The molecule has 25 heavy (non-hydrogen) atoms. The number of nitrogens with zero attached hydrogens (tertiary/aromatic N) is 3. The summed E-state index contributed by atoms with van der Waals surface area (Å²) in [4.78, 5) is 27.8. The Morgan fingerprint density at radius 2 is 1.76 bits per heavy atom. The van der Waals surface area contributed by atoms with E-state index < -0.39 is 5.60 Å². The zero-order chi connectivity index (χ0) is 18.4. The summed E-state index contributed by atoms with van der Waals surface area (Å²) < 4.78 is 5.36. The number of ether oxygens (including phenoxy) is 1. The first-order chi connectivity index (χ1) is 11.8. The van der Waals surface area contributed by atoms with Crippen LogP contribution in [0.25, 0.3) is 0 Å². The quantitative estimate of drug-likeness (QED) is 0.623. The molecule has 1 aliphatic carbocycles. The van der Waals surface area contributed by atoms with E-state index in [4.69, 9.17) is 4.74 Å². The fourth-order valence-corrected chi connectivity index (χ4v) is 3.01. The third-order valence-corrected chi connectivity index (χ3v) is 4.33. The lowest BCUT2D eigenvalue weighted by molar-refractivity contribution is -0.117. The van der Waals surface area contributed by atoms with Crippen molar-refractivity contribution in [2.24, 2.45) is 0 Å². The molecule has 0 bridgehead atoms. The van der Waals surface area contributed by atoms with E-state index in [9.17, 15) is 14.9 Å². The second-order valence-corrected chi connectivity index (χ2v) is 7.61. The summed E-state index contributed by atoms with van der Waals surface area (Å²) in [5.74, 6) is -0.302. The number of nitriles is 1. The minimum absolute atomic E-state index is 0.123. The number of amides is 2. The third kappa shape index (κ3) is 5.96. The highest BCUT2D eigenvalue weighted by molar-refractivity contribution is 5.97. The highest BCUT2D eigenvalue weighted by Crippen LogP contribution is 2.18. The monoisotopic (exact) mass is 348 g/mol. The molecule has 2 amide bonds. The molecule has 7 nitrogen and oxygen atoms in total. The molecule has 2 rings (SSSR count). The molecule has 0 aromatic heterocycles. The molecule has 138 valence electrons. The molecule has 0 aromatic carbocycles. The Balaban J connectivity index is 1.86. The van der Waals surface area contributed by atoms with Crippen molar-refractivity contribution in [3.63, 3.8) is 0 Å². The number of hydrogen-bond acceptors (Lipinski definition) is 5. The van der Waals surface area contributed by atoms with Crippen molar-refractivity contribution >= 4 is 12.0 Å². The van der Waals surface area contributed by atoms with Crippen molar-refractivity contribution in [3.8, 4) is 6.07 Å². The predicted octanol–water partition coefficient (Wildman–Crippen LogP) is 2.01. The van der Waals surface area contributed by atoms with E-state index in [0.717, 1.165) is 25.7 Å². The zero-order valence-electron chi connectivity index (χ0n) is 15.4. The molecule has 2 fully saturated rings. The number of piperazine rings is 1. The van der Waals surface area contributed by atoms with Gasteiger partial charge in [0.05, 0.1) is 0 Å². The van der Waals surface area contributed by atoms with Crippen molar-refractivity contribution in [2.45, 2.75) is 58.1 Å². The number of carbonyl (C=O) groups is 2. The predicted molar refractivity (Wildman–Crippen MR) is 93.5 cm³/mol. The minimum Gasteiger partial charge on any atom is -0.444 e. The summed E-state index contributed by atoms with van der Waals surface area (Å²) in [6.45, 7) is 7.68. The van der Waals surface area contributed by atoms with Gasteiger partial charge in [-0.25, -0.2) is 4.79 Å². The van der Waals surface area contributed by atoms with Gasteiger partial charge in [-0.1, -0.05) is 12.8 Å². The van der Waals surface area contributed by atoms with E-state index in [1.54, 1.807) is 11.1 Å². The Morgan fingerprint density at radius 3 is 2.28 bits per heavy atom. The van der Waals surface area contributed by atoms with Crippen LogP contribution in [0.2, 0.25) is 0 Å². The van der Waals surface area contributed by atoms with Gasteiger partial charge in [-0.3, -0.25) is 4.79 Å². The van der Waals surface area contributed by atoms with Crippen molar-refractivity contribution in [2.75, 3.05) is 26.2 Å². The summed E-state index contributed by atoms with van der Waals surface area (Å²) in [5.41, 5.74) is -0.391. The van der Waals surface area contributed by atoms with E-state index in [2.05, 4.69) is 5.32 Å². The fourth-order valence-electron chi connectivity index (χ4n) is 3.01. The maximum absolute atomic E-state index is 12.2. The summed E-state index contributed by atoms with van der Waals surface area (Å²) in [7, 11) is 0. The molecule has 1 saturated heterocycles. The number of carbonyl (C=O) groups excluding carboxylic acids is 2. The van der Waals surface area contributed by atoms with Gasteiger partial charge < -0.3 is 19.9 Å². The van der Waals surface area contributed by atoms with Crippen LogP contribution in [0.15, 0.2) is 11.8 Å². The zero-order valence-corrected chi connectivity index (χ0v) is 15.4. The average molecular weight is 348 g/mol. The van der Waals surface area contributed by atoms with Crippen molar-refractivity contribution < 1.29 is 14.3 Å². The molecule has 0 aromatic rings. The smallest absolute Gasteiger partial charge is 0.410 e. The minimum atomic E-state index is -0.513. The molecule has 0 unspecified atom stereocenters. The Hall–Kier alpha value is -2.23. The van der Waals surface area contributed by atoms with Gasteiger partial charge in [0.25, 0.3) is 5.91 Å². The van der Waals surface area contributed by atoms with Crippen LogP contribution in [-0.2, 0) is 9.53 Å². The lowest BCUT2D eigenvalue weighted by atomic mass is 10.2. The van der Waals surface area contributed by atoms with Crippen LogP contribution in [0.5, 0.6) is 0 Å². The second-order valence-electron chi connectivity index (χ2n) is 7.61. The van der Waals surface area contributed by atoms with E-state index in [1.165, 1.54) is 0 Å². The van der Waals surface area contributed by atoms with E-state index in [0.29, 0.717) is 26.2 Å². The van der Waals surface area contributed by atoms with Crippen molar-refractivity contribution in [1.82, 2.24) is 15.1 Å². The van der Waals surface area contributed by atoms with Gasteiger partial charge >= 0.3 is 6.09 Å². The maximum atomic E-state index is 12.2. The first-order valence-electron chi connectivity index (χ1n) is 8.93. The van der Waals surface area contributed by atoms with E-state index in [-0.39, 0.29) is 23.6 Å². The largest absolute Gasteiger partial charge is 0.444 e. The molecule has 1 aliphatic heterocycles. The van der Waals surface area contributed by atoms with Crippen LogP contribution >= 0.6 is 0 Å². The number of hydrogen-bond donors (Lipinski definition) is 1. The van der Waals surface area contributed by atoms with Crippen molar-refractivity contribution in [1.29, 1.82) is 5.26 Å². The highest BCUT2D eigenvalue weighted by Gasteiger charge is 2.26.